The summed E-state index contributed by atoms with van der Waals surface area (Å²) in [5, 5.41) is 3.35. The van der Waals surface area contributed by atoms with Crippen molar-refractivity contribution in [3.8, 4) is 5.75 Å². The Hall–Kier alpha value is -1.14. The molecule has 2 rings (SSSR count). The Balaban J connectivity index is 1.91. The quantitative estimate of drug-likeness (QED) is 0.913. The molecule has 1 aromatic carbocycles. The maximum absolute atomic E-state index is 13.6. The molecule has 1 saturated heterocycles. The van der Waals surface area contributed by atoms with Crippen LogP contribution in [-0.2, 0) is 4.79 Å². The van der Waals surface area contributed by atoms with Crippen molar-refractivity contribution in [3.63, 3.8) is 0 Å². The molecule has 0 unspecified atom stereocenters. The minimum absolute atomic E-state index is 0.0952. The SMILES string of the molecule is C[C@@H]1CN(C(=O)COc2ccc(Br)cc2F)C[C@@H](C)N1. The number of nitrogens with zero attached hydrogens (tertiary/aromatic N) is 1. The molecule has 0 saturated carbocycles. The van der Waals surface area contributed by atoms with Gasteiger partial charge in [-0.3, -0.25) is 4.79 Å². The Morgan fingerprint density at radius 2 is 2.10 bits per heavy atom. The highest BCUT2D eigenvalue weighted by molar-refractivity contribution is 9.10. The Morgan fingerprint density at radius 3 is 2.70 bits per heavy atom. The molecular formula is C14H18BrFN2O2. The van der Waals surface area contributed by atoms with Crippen LogP contribution in [0.15, 0.2) is 22.7 Å². The van der Waals surface area contributed by atoms with E-state index in [2.05, 4.69) is 21.2 Å². The molecule has 1 heterocycles. The van der Waals surface area contributed by atoms with Crippen molar-refractivity contribution in [2.24, 2.45) is 0 Å². The third kappa shape index (κ3) is 3.93. The summed E-state index contributed by atoms with van der Waals surface area (Å²) >= 11 is 3.17. The first-order chi connectivity index (χ1) is 9.45. The molecule has 1 aliphatic rings. The van der Waals surface area contributed by atoms with Crippen molar-refractivity contribution in [2.45, 2.75) is 25.9 Å². The van der Waals surface area contributed by atoms with Crippen molar-refractivity contribution in [2.75, 3.05) is 19.7 Å². The molecule has 1 aromatic rings. The normalized spacial score (nSPS) is 22.7. The Morgan fingerprint density at radius 1 is 1.45 bits per heavy atom. The summed E-state index contributed by atoms with van der Waals surface area (Å²) in [4.78, 5) is 13.8. The van der Waals surface area contributed by atoms with Gasteiger partial charge in [0.2, 0.25) is 0 Å². The first-order valence-electron chi connectivity index (χ1n) is 6.57. The Kier molecular flexibility index (Phi) is 4.99. The summed E-state index contributed by atoms with van der Waals surface area (Å²) in [6, 6.07) is 5.02. The van der Waals surface area contributed by atoms with Gasteiger partial charge >= 0.3 is 0 Å². The zero-order valence-electron chi connectivity index (χ0n) is 11.5. The lowest BCUT2D eigenvalue weighted by Crippen LogP contribution is -2.56. The molecule has 0 aliphatic carbocycles. The number of hydrogen-bond donors (Lipinski definition) is 1. The van der Waals surface area contributed by atoms with E-state index < -0.39 is 5.82 Å². The van der Waals surface area contributed by atoms with E-state index >= 15 is 0 Å². The molecule has 0 bridgehead atoms. The molecule has 4 nitrogen and oxygen atoms in total. The lowest BCUT2D eigenvalue weighted by atomic mass is 10.1. The van der Waals surface area contributed by atoms with Gasteiger partial charge in [0.1, 0.15) is 0 Å². The van der Waals surface area contributed by atoms with E-state index in [-0.39, 0.29) is 30.3 Å². The fourth-order valence-corrected chi connectivity index (χ4v) is 2.69. The second-order valence-corrected chi connectivity index (χ2v) is 6.05. The average Bonchev–Trinajstić information content (AvgIpc) is 2.36. The fraction of sp³-hybridized carbons (Fsp3) is 0.500. The lowest BCUT2D eigenvalue weighted by molar-refractivity contribution is -0.135. The van der Waals surface area contributed by atoms with Crippen LogP contribution < -0.4 is 10.1 Å². The van der Waals surface area contributed by atoms with Crippen molar-refractivity contribution < 1.29 is 13.9 Å². The number of rotatable bonds is 3. The van der Waals surface area contributed by atoms with Gasteiger partial charge in [-0.2, -0.15) is 0 Å². The van der Waals surface area contributed by atoms with E-state index in [4.69, 9.17) is 4.74 Å². The number of piperazine rings is 1. The molecule has 1 fully saturated rings. The van der Waals surface area contributed by atoms with Crippen molar-refractivity contribution in [1.82, 2.24) is 10.2 Å². The Bertz CT molecular complexity index is 488. The van der Waals surface area contributed by atoms with Crippen LogP contribution in [0.1, 0.15) is 13.8 Å². The minimum atomic E-state index is -0.478. The van der Waals surface area contributed by atoms with Crippen LogP contribution in [0, 0.1) is 5.82 Å². The van der Waals surface area contributed by atoms with Crippen molar-refractivity contribution >= 4 is 21.8 Å². The van der Waals surface area contributed by atoms with E-state index in [1.165, 1.54) is 12.1 Å². The molecule has 1 amide bonds. The number of amides is 1. The van der Waals surface area contributed by atoms with Crippen LogP contribution in [0.4, 0.5) is 4.39 Å². The molecule has 0 radical (unpaired) electrons. The van der Waals surface area contributed by atoms with Crippen LogP contribution >= 0.6 is 15.9 Å². The monoisotopic (exact) mass is 344 g/mol. The van der Waals surface area contributed by atoms with Gasteiger partial charge < -0.3 is 15.0 Å². The molecule has 0 aromatic heterocycles. The highest BCUT2D eigenvalue weighted by Gasteiger charge is 2.25. The van der Waals surface area contributed by atoms with Gasteiger partial charge in [0.15, 0.2) is 18.2 Å². The van der Waals surface area contributed by atoms with Crippen LogP contribution in [0.5, 0.6) is 5.75 Å². The van der Waals surface area contributed by atoms with E-state index in [0.29, 0.717) is 17.6 Å². The summed E-state index contributed by atoms with van der Waals surface area (Å²) < 4.78 is 19.5. The van der Waals surface area contributed by atoms with Gasteiger partial charge in [-0.1, -0.05) is 15.9 Å². The smallest absolute Gasteiger partial charge is 0.260 e. The number of carbonyl (C=O) groups excluding carboxylic acids is 1. The molecule has 110 valence electrons. The molecule has 1 aliphatic heterocycles. The summed E-state index contributed by atoms with van der Waals surface area (Å²) in [7, 11) is 0. The second-order valence-electron chi connectivity index (χ2n) is 5.13. The molecule has 6 heteroatoms. The molecule has 0 spiro atoms. The Labute approximate surface area is 126 Å². The highest BCUT2D eigenvalue weighted by atomic mass is 79.9. The predicted molar refractivity (Wildman–Crippen MR) is 78.2 cm³/mol. The van der Waals surface area contributed by atoms with Gasteiger partial charge in [0.05, 0.1) is 0 Å². The average molecular weight is 345 g/mol. The maximum atomic E-state index is 13.6. The molecule has 2 atom stereocenters. The van der Waals surface area contributed by atoms with Crippen molar-refractivity contribution in [1.29, 1.82) is 0 Å². The summed E-state index contributed by atoms with van der Waals surface area (Å²) in [6.45, 7) is 5.22. The van der Waals surface area contributed by atoms with Crippen LogP contribution in [0.25, 0.3) is 0 Å². The van der Waals surface area contributed by atoms with Crippen molar-refractivity contribution in [3.05, 3.63) is 28.5 Å². The number of nitrogens with one attached hydrogen (secondary N) is 1. The number of benzene rings is 1. The molecular weight excluding hydrogens is 327 g/mol. The zero-order chi connectivity index (χ0) is 14.7. The van der Waals surface area contributed by atoms with E-state index in [1.807, 2.05) is 13.8 Å². The maximum Gasteiger partial charge on any atom is 0.260 e. The largest absolute Gasteiger partial charge is 0.481 e. The summed E-state index contributed by atoms with van der Waals surface area (Å²) in [5.41, 5.74) is 0. The third-order valence-corrected chi connectivity index (χ3v) is 3.65. The number of ether oxygens (including phenoxy) is 1. The van der Waals surface area contributed by atoms with Crippen LogP contribution in [0.3, 0.4) is 0 Å². The topological polar surface area (TPSA) is 41.6 Å². The van der Waals surface area contributed by atoms with Gasteiger partial charge in [0, 0.05) is 29.6 Å². The van der Waals surface area contributed by atoms with Gasteiger partial charge in [-0.15, -0.1) is 0 Å². The lowest BCUT2D eigenvalue weighted by Gasteiger charge is -2.36. The highest BCUT2D eigenvalue weighted by Crippen LogP contribution is 2.21. The van der Waals surface area contributed by atoms with Crippen LogP contribution in [-0.4, -0.2) is 42.6 Å². The first-order valence-corrected chi connectivity index (χ1v) is 7.36. The molecule has 20 heavy (non-hydrogen) atoms. The predicted octanol–water partition coefficient (Wildman–Crippen LogP) is 2.18. The number of halogens is 2. The van der Waals surface area contributed by atoms with Gasteiger partial charge in [-0.05, 0) is 32.0 Å². The van der Waals surface area contributed by atoms with Crippen LogP contribution in [0.2, 0.25) is 0 Å². The summed E-state index contributed by atoms with van der Waals surface area (Å²) in [5.74, 6) is -0.500. The number of hydrogen-bond acceptors (Lipinski definition) is 3. The van der Waals surface area contributed by atoms with Gasteiger partial charge in [0.25, 0.3) is 5.91 Å². The van der Waals surface area contributed by atoms with E-state index in [9.17, 15) is 9.18 Å². The van der Waals surface area contributed by atoms with E-state index in [1.54, 1.807) is 11.0 Å². The minimum Gasteiger partial charge on any atom is -0.481 e. The molecule has 1 N–H and O–H groups in total. The first kappa shape index (κ1) is 15.3. The third-order valence-electron chi connectivity index (χ3n) is 3.16. The fourth-order valence-electron chi connectivity index (χ4n) is 2.35. The second kappa shape index (κ2) is 6.54. The number of carbonyl (C=O) groups is 1. The zero-order valence-corrected chi connectivity index (χ0v) is 13.1. The standard InChI is InChI=1S/C14H18BrFN2O2/c1-9-6-18(7-10(2)17-9)14(19)8-20-13-4-3-11(15)5-12(13)16/h3-5,9-10,17H,6-8H2,1-2H3/t9-,10-/m1/s1. The van der Waals surface area contributed by atoms with Gasteiger partial charge in [-0.25, -0.2) is 4.39 Å². The van der Waals surface area contributed by atoms with E-state index in [0.717, 1.165) is 0 Å². The summed E-state index contributed by atoms with van der Waals surface area (Å²) in [6.07, 6.45) is 0.